The number of rotatable bonds is 7. The average molecular weight is 416 g/mol. The molecule has 0 bridgehead atoms. The van der Waals surface area contributed by atoms with Gasteiger partial charge in [0.1, 0.15) is 5.69 Å². The van der Waals surface area contributed by atoms with Crippen molar-refractivity contribution in [3.05, 3.63) is 46.3 Å². The molecule has 9 nitrogen and oxygen atoms in total. The molecule has 2 heterocycles. The number of aryl methyl sites for hydroxylation is 1. The number of hydrogen-bond acceptors (Lipinski definition) is 7. The minimum atomic E-state index is -1.03. The Bertz CT molecular complexity index is 980. The van der Waals surface area contributed by atoms with Gasteiger partial charge in [-0.25, -0.2) is 9.59 Å². The van der Waals surface area contributed by atoms with Crippen LogP contribution in [0, 0.1) is 6.92 Å². The summed E-state index contributed by atoms with van der Waals surface area (Å²) in [6.07, 6.45) is -0.523. The number of ether oxygens (including phenoxy) is 4. The Morgan fingerprint density at radius 3 is 2.63 bits per heavy atom. The predicted octanol–water partition coefficient (Wildman–Crippen LogP) is 2.26. The van der Waals surface area contributed by atoms with E-state index in [-0.39, 0.29) is 19.0 Å². The molecule has 1 aliphatic heterocycles. The van der Waals surface area contributed by atoms with Crippen molar-refractivity contribution in [3.8, 4) is 11.5 Å². The maximum absolute atomic E-state index is 12.6. The van der Waals surface area contributed by atoms with Crippen LogP contribution in [0.1, 0.15) is 51.5 Å². The molecule has 0 saturated carbocycles. The van der Waals surface area contributed by atoms with E-state index >= 15 is 0 Å². The van der Waals surface area contributed by atoms with E-state index in [0.29, 0.717) is 34.7 Å². The van der Waals surface area contributed by atoms with Gasteiger partial charge in [0.05, 0.1) is 12.7 Å². The predicted molar refractivity (Wildman–Crippen MR) is 106 cm³/mol. The average Bonchev–Trinajstić information content (AvgIpc) is 3.34. The second-order valence-electron chi connectivity index (χ2n) is 6.78. The summed E-state index contributed by atoms with van der Waals surface area (Å²) in [5.41, 5.74) is 2.26. The molecule has 1 aromatic heterocycles. The summed E-state index contributed by atoms with van der Waals surface area (Å²) >= 11 is 0. The van der Waals surface area contributed by atoms with Crippen molar-refractivity contribution < 1.29 is 33.3 Å². The lowest BCUT2D eigenvalue weighted by Crippen LogP contribution is -2.35. The molecular formula is C21H24N2O7. The van der Waals surface area contributed by atoms with E-state index in [1.807, 2.05) is 13.0 Å². The number of carbonyl (C=O) groups is 3. The van der Waals surface area contributed by atoms with Gasteiger partial charge in [-0.2, -0.15) is 0 Å². The monoisotopic (exact) mass is 416 g/mol. The quantitative estimate of drug-likeness (QED) is 0.665. The third-order valence-corrected chi connectivity index (χ3v) is 4.83. The third-order valence-electron chi connectivity index (χ3n) is 4.83. The minimum absolute atomic E-state index is 0.127. The fraction of sp³-hybridized carbons (Fsp3) is 0.381. The molecule has 160 valence electrons. The van der Waals surface area contributed by atoms with E-state index in [4.69, 9.17) is 18.9 Å². The van der Waals surface area contributed by atoms with Crippen LogP contribution in [0.3, 0.4) is 0 Å². The summed E-state index contributed by atoms with van der Waals surface area (Å²) in [5.74, 6) is -0.422. The highest BCUT2D eigenvalue weighted by Gasteiger charge is 2.27. The molecule has 30 heavy (non-hydrogen) atoms. The Morgan fingerprint density at radius 1 is 1.20 bits per heavy atom. The van der Waals surface area contributed by atoms with E-state index < -0.39 is 23.9 Å². The molecule has 1 atom stereocenters. The number of aromatic nitrogens is 1. The van der Waals surface area contributed by atoms with Crippen LogP contribution in [-0.4, -0.2) is 42.8 Å². The molecule has 2 aromatic rings. The van der Waals surface area contributed by atoms with Gasteiger partial charge in [-0.1, -0.05) is 13.0 Å². The zero-order valence-electron chi connectivity index (χ0n) is 17.3. The Morgan fingerprint density at radius 2 is 1.93 bits per heavy atom. The first kappa shape index (κ1) is 21.2. The SMILES string of the molecule is CCc1[nH]c(C(=O)O[C@H](C)C(=O)NCc2ccc3c(c2)OCO3)c(C)c1C(=O)OC. The van der Waals surface area contributed by atoms with Gasteiger partial charge < -0.3 is 29.2 Å². The van der Waals surface area contributed by atoms with Crippen molar-refractivity contribution in [1.82, 2.24) is 10.3 Å². The summed E-state index contributed by atoms with van der Waals surface area (Å²) in [4.78, 5) is 39.8. The van der Waals surface area contributed by atoms with E-state index in [1.165, 1.54) is 14.0 Å². The number of H-pyrrole nitrogens is 1. The molecule has 1 aliphatic rings. The molecule has 2 N–H and O–H groups in total. The molecule has 0 spiro atoms. The van der Waals surface area contributed by atoms with Gasteiger partial charge in [-0.3, -0.25) is 4.79 Å². The summed E-state index contributed by atoms with van der Waals surface area (Å²) in [6.45, 7) is 5.37. The fourth-order valence-corrected chi connectivity index (χ4v) is 3.16. The molecule has 9 heteroatoms. The molecule has 0 fully saturated rings. The lowest BCUT2D eigenvalue weighted by Gasteiger charge is -2.13. The number of nitrogens with one attached hydrogen (secondary N) is 2. The summed E-state index contributed by atoms with van der Waals surface area (Å²) in [5, 5.41) is 2.72. The standard InChI is InChI=1S/C21H24N2O7/c1-5-14-17(20(25)27-4)11(2)18(23-14)21(26)30-12(3)19(24)22-9-13-6-7-15-16(8-13)29-10-28-15/h6-8,12,23H,5,9-10H2,1-4H3,(H,22,24)/t12-/m1/s1. The number of hydrogen-bond donors (Lipinski definition) is 2. The van der Waals surface area contributed by atoms with Crippen molar-refractivity contribution in [2.24, 2.45) is 0 Å². The molecule has 0 unspecified atom stereocenters. The number of esters is 2. The number of carbonyl (C=O) groups excluding carboxylic acids is 3. The van der Waals surface area contributed by atoms with Gasteiger partial charge in [-0.15, -0.1) is 0 Å². The molecule has 1 amide bonds. The molecule has 0 radical (unpaired) electrons. The number of aromatic amines is 1. The first-order valence-corrected chi connectivity index (χ1v) is 9.52. The van der Waals surface area contributed by atoms with Crippen molar-refractivity contribution in [1.29, 1.82) is 0 Å². The van der Waals surface area contributed by atoms with Crippen LogP contribution >= 0.6 is 0 Å². The highest BCUT2D eigenvalue weighted by molar-refractivity contribution is 5.99. The van der Waals surface area contributed by atoms with Crippen molar-refractivity contribution in [3.63, 3.8) is 0 Å². The zero-order valence-corrected chi connectivity index (χ0v) is 17.3. The zero-order chi connectivity index (χ0) is 21.8. The van der Waals surface area contributed by atoms with E-state index in [0.717, 1.165) is 5.56 Å². The van der Waals surface area contributed by atoms with Crippen molar-refractivity contribution in [2.75, 3.05) is 13.9 Å². The molecule has 0 aliphatic carbocycles. The Kier molecular flexibility index (Phi) is 6.29. The van der Waals surface area contributed by atoms with Gasteiger partial charge in [0.15, 0.2) is 17.6 Å². The van der Waals surface area contributed by atoms with Crippen LogP contribution in [0.5, 0.6) is 11.5 Å². The first-order valence-electron chi connectivity index (χ1n) is 9.52. The Hall–Kier alpha value is -3.49. The summed E-state index contributed by atoms with van der Waals surface area (Å²) < 4.78 is 20.6. The van der Waals surface area contributed by atoms with Crippen molar-refractivity contribution in [2.45, 2.75) is 39.8 Å². The lowest BCUT2D eigenvalue weighted by molar-refractivity contribution is -0.129. The second-order valence-corrected chi connectivity index (χ2v) is 6.78. The largest absolute Gasteiger partial charge is 0.465 e. The Balaban J connectivity index is 1.62. The summed E-state index contributed by atoms with van der Waals surface area (Å²) in [6, 6.07) is 5.36. The van der Waals surface area contributed by atoms with Crippen LogP contribution in [0.25, 0.3) is 0 Å². The van der Waals surface area contributed by atoms with E-state index in [9.17, 15) is 14.4 Å². The van der Waals surface area contributed by atoms with Crippen molar-refractivity contribution >= 4 is 17.8 Å². The Labute approximate surface area is 173 Å². The minimum Gasteiger partial charge on any atom is -0.465 e. The molecule has 0 saturated heterocycles. The smallest absolute Gasteiger partial charge is 0.355 e. The second kappa shape index (κ2) is 8.89. The molecule has 1 aromatic carbocycles. The van der Waals surface area contributed by atoms with Crippen LogP contribution < -0.4 is 14.8 Å². The molecular weight excluding hydrogens is 392 g/mol. The van der Waals surface area contributed by atoms with Crippen LogP contribution in [0.2, 0.25) is 0 Å². The number of benzene rings is 1. The molecule has 3 rings (SSSR count). The van der Waals surface area contributed by atoms with Gasteiger partial charge in [0.25, 0.3) is 5.91 Å². The van der Waals surface area contributed by atoms with Gasteiger partial charge in [0.2, 0.25) is 6.79 Å². The van der Waals surface area contributed by atoms with E-state index in [1.54, 1.807) is 19.1 Å². The normalized spacial score (nSPS) is 12.9. The van der Waals surface area contributed by atoms with Crippen LogP contribution in [-0.2, 0) is 27.2 Å². The first-order chi connectivity index (χ1) is 14.3. The maximum atomic E-state index is 12.6. The van der Waals surface area contributed by atoms with Gasteiger partial charge in [0, 0.05) is 12.2 Å². The number of methoxy groups -OCH3 is 1. The van der Waals surface area contributed by atoms with Crippen LogP contribution in [0.4, 0.5) is 0 Å². The summed E-state index contributed by atoms with van der Waals surface area (Å²) in [7, 11) is 1.28. The van der Waals surface area contributed by atoms with Crippen LogP contribution in [0.15, 0.2) is 18.2 Å². The number of fused-ring (bicyclic) bond motifs is 1. The topological polar surface area (TPSA) is 116 Å². The fourth-order valence-electron chi connectivity index (χ4n) is 3.16. The third kappa shape index (κ3) is 4.24. The number of amides is 1. The highest BCUT2D eigenvalue weighted by Crippen LogP contribution is 2.32. The van der Waals surface area contributed by atoms with Gasteiger partial charge in [-0.05, 0) is 43.5 Å². The maximum Gasteiger partial charge on any atom is 0.355 e. The highest BCUT2D eigenvalue weighted by atomic mass is 16.7. The van der Waals surface area contributed by atoms with E-state index in [2.05, 4.69) is 10.3 Å². The lowest BCUT2D eigenvalue weighted by atomic mass is 10.1. The van der Waals surface area contributed by atoms with Gasteiger partial charge >= 0.3 is 11.9 Å².